The van der Waals surface area contributed by atoms with Crippen LogP contribution in [0.4, 0.5) is 17.2 Å². The highest BCUT2D eigenvalue weighted by Crippen LogP contribution is 2.20. The van der Waals surface area contributed by atoms with E-state index in [1.165, 1.54) is 24.6 Å². The second-order valence-electron chi connectivity index (χ2n) is 6.94. The number of pyridine rings is 1. The number of anilines is 2. The van der Waals surface area contributed by atoms with Crippen LogP contribution in [0.15, 0.2) is 36.5 Å². The van der Waals surface area contributed by atoms with E-state index in [0.717, 1.165) is 31.7 Å². The van der Waals surface area contributed by atoms with Crippen molar-refractivity contribution in [3.8, 4) is 0 Å². The minimum atomic E-state index is -0.554. The average molecular weight is 397 g/mol. The molecule has 1 aromatic carbocycles. The standard InChI is InChI=1S/C20H23N5O4/c1-14-5-6-15(11-17(14)25(28)29)20(27)22-13-19(26)23-16-7-8-18(21-12-16)24-9-3-2-4-10-24/h5-8,11-12H,2-4,9-10,13H2,1H3,(H,22,27)(H,23,26). The van der Waals surface area contributed by atoms with Gasteiger partial charge in [0.1, 0.15) is 5.82 Å². The van der Waals surface area contributed by atoms with Gasteiger partial charge in [-0.2, -0.15) is 0 Å². The van der Waals surface area contributed by atoms with Crippen molar-refractivity contribution < 1.29 is 14.5 Å². The van der Waals surface area contributed by atoms with Crippen molar-refractivity contribution in [2.45, 2.75) is 26.2 Å². The van der Waals surface area contributed by atoms with Crippen molar-refractivity contribution in [2.75, 3.05) is 29.9 Å². The molecule has 9 heteroatoms. The lowest BCUT2D eigenvalue weighted by molar-refractivity contribution is -0.385. The zero-order valence-corrected chi connectivity index (χ0v) is 16.2. The molecule has 0 radical (unpaired) electrons. The molecule has 1 fully saturated rings. The fourth-order valence-corrected chi connectivity index (χ4v) is 3.19. The van der Waals surface area contributed by atoms with Gasteiger partial charge in [-0.15, -0.1) is 0 Å². The molecular formula is C20H23N5O4. The van der Waals surface area contributed by atoms with Gasteiger partial charge in [-0.25, -0.2) is 4.98 Å². The molecule has 2 N–H and O–H groups in total. The molecule has 0 spiro atoms. The lowest BCUT2D eigenvalue weighted by Crippen LogP contribution is -2.33. The van der Waals surface area contributed by atoms with Gasteiger partial charge in [0.2, 0.25) is 5.91 Å². The zero-order valence-electron chi connectivity index (χ0n) is 16.2. The van der Waals surface area contributed by atoms with E-state index in [1.807, 2.05) is 6.07 Å². The number of aryl methyl sites for hydroxylation is 1. The quantitative estimate of drug-likeness (QED) is 0.572. The molecule has 152 valence electrons. The maximum Gasteiger partial charge on any atom is 0.273 e. The van der Waals surface area contributed by atoms with Crippen molar-refractivity contribution >= 4 is 29.0 Å². The number of carbonyl (C=O) groups excluding carboxylic acids is 2. The van der Waals surface area contributed by atoms with Gasteiger partial charge in [0.05, 0.1) is 23.4 Å². The number of amides is 2. The van der Waals surface area contributed by atoms with Crippen LogP contribution in [-0.2, 0) is 4.79 Å². The molecule has 2 amide bonds. The summed E-state index contributed by atoms with van der Waals surface area (Å²) in [5.74, 6) is -0.0775. The summed E-state index contributed by atoms with van der Waals surface area (Å²) in [4.78, 5) is 41.3. The van der Waals surface area contributed by atoms with Gasteiger partial charge in [0, 0.05) is 30.3 Å². The summed E-state index contributed by atoms with van der Waals surface area (Å²) in [6.45, 7) is 3.32. The Hall–Kier alpha value is -3.49. The van der Waals surface area contributed by atoms with Crippen LogP contribution in [0.1, 0.15) is 35.2 Å². The number of aromatic nitrogens is 1. The monoisotopic (exact) mass is 397 g/mol. The third kappa shape index (κ3) is 5.28. The molecule has 9 nitrogen and oxygen atoms in total. The Balaban J connectivity index is 1.52. The Bertz CT molecular complexity index is 908. The van der Waals surface area contributed by atoms with E-state index in [1.54, 1.807) is 19.2 Å². The van der Waals surface area contributed by atoms with Gasteiger partial charge in [-0.05, 0) is 44.4 Å². The molecule has 1 aliphatic rings. The fraction of sp³-hybridized carbons (Fsp3) is 0.350. The van der Waals surface area contributed by atoms with Crippen molar-refractivity contribution in [1.82, 2.24) is 10.3 Å². The molecule has 0 unspecified atom stereocenters. The van der Waals surface area contributed by atoms with Crippen molar-refractivity contribution in [2.24, 2.45) is 0 Å². The van der Waals surface area contributed by atoms with Gasteiger partial charge in [0.25, 0.3) is 11.6 Å². The average Bonchev–Trinajstić information content (AvgIpc) is 2.73. The predicted molar refractivity (Wildman–Crippen MR) is 109 cm³/mol. The second-order valence-corrected chi connectivity index (χ2v) is 6.94. The van der Waals surface area contributed by atoms with E-state index >= 15 is 0 Å². The van der Waals surface area contributed by atoms with Crippen molar-refractivity contribution in [1.29, 1.82) is 0 Å². The number of hydrogen-bond acceptors (Lipinski definition) is 6. The van der Waals surface area contributed by atoms with Crippen LogP contribution in [0, 0.1) is 17.0 Å². The number of nitro groups is 1. The first-order chi connectivity index (χ1) is 13.9. The molecule has 2 aromatic rings. The third-order valence-corrected chi connectivity index (χ3v) is 4.79. The van der Waals surface area contributed by atoms with Gasteiger partial charge in [0.15, 0.2) is 0 Å². The fourth-order valence-electron chi connectivity index (χ4n) is 3.19. The van der Waals surface area contributed by atoms with Gasteiger partial charge in [-0.1, -0.05) is 6.07 Å². The molecule has 0 bridgehead atoms. The molecule has 1 saturated heterocycles. The first-order valence-corrected chi connectivity index (χ1v) is 9.48. The first-order valence-electron chi connectivity index (χ1n) is 9.48. The Labute approximate surface area is 168 Å². The Morgan fingerprint density at radius 1 is 1.17 bits per heavy atom. The summed E-state index contributed by atoms with van der Waals surface area (Å²) in [5, 5.41) is 16.1. The third-order valence-electron chi connectivity index (χ3n) is 4.79. The Morgan fingerprint density at radius 3 is 2.59 bits per heavy atom. The molecule has 0 atom stereocenters. The van der Waals surface area contributed by atoms with E-state index in [-0.39, 0.29) is 17.8 Å². The number of nitrogens with zero attached hydrogens (tertiary/aromatic N) is 3. The van der Waals surface area contributed by atoms with Gasteiger partial charge < -0.3 is 15.5 Å². The topological polar surface area (TPSA) is 117 Å². The van der Waals surface area contributed by atoms with Crippen LogP contribution in [0.3, 0.4) is 0 Å². The highest BCUT2D eigenvalue weighted by molar-refractivity contribution is 5.99. The van der Waals surface area contributed by atoms with Crippen LogP contribution in [0.25, 0.3) is 0 Å². The van der Waals surface area contributed by atoms with E-state index in [0.29, 0.717) is 11.3 Å². The maximum atomic E-state index is 12.2. The smallest absolute Gasteiger partial charge is 0.273 e. The Kier molecular flexibility index (Phi) is 6.38. The summed E-state index contributed by atoms with van der Waals surface area (Å²) < 4.78 is 0. The summed E-state index contributed by atoms with van der Waals surface area (Å²) in [5.41, 5.74) is 0.991. The van der Waals surface area contributed by atoms with Crippen LogP contribution in [0.2, 0.25) is 0 Å². The normalized spacial score (nSPS) is 13.6. The maximum absolute atomic E-state index is 12.2. The van der Waals surface area contributed by atoms with E-state index in [2.05, 4.69) is 20.5 Å². The zero-order chi connectivity index (χ0) is 20.8. The molecule has 2 heterocycles. The molecule has 29 heavy (non-hydrogen) atoms. The van der Waals surface area contributed by atoms with Crippen LogP contribution < -0.4 is 15.5 Å². The van der Waals surface area contributed by atoms with E-state index in [9.17, 15) is 19.7 Å². The van der Waals surface area contributed by atoms with Crippen LogP contribution in [0.5, 0.6) is 0 Å². The highest BCUT2D eigenvalue weighted by Gasteiger charge is 2.16. The van der Waals surface area contributed by atoms with Crippen molar-refractivity contribution in [3.05, 3.63) is 57.8 Å². The number of rotatable bonds is 6. The molecule has 0 aliphatic carbocycles. The van der Waals surface area contributed by atoms with Crippen LogP contribution >= 0.6 is 0 Å². The molecular weight excluding hydrogens is 374 g/mol. The largest absolute Gasteiger partial charge is 0.357 e. The van der Waals surface area contributed by atoms with Crippen molar-refractivity contribution in [3.63, 3.8) is 0 Å². The lowest BCUT2D eigenvalue weighted by Gasteiger charge is -2.27. The SMILES string of the molecule is Cc1ccc(C(=O)NCC(=O)Nc2ccc(N3CCCCC3)nc2)cc1[N+](=O)[O-]. The van der Waals surface area contributed by atoms with E-state index < -0.39 is 16.7 Å². The summed E-state index contributed by atoms with van der Waals surface area (Å²) in [7, 11) is 0. The molecule has 1 aliphatic heterocycles. The van der Waals surface area contributed by atoms with Gasteiger partial charge >= 0.3 is 0 Å². The predicted octanol–water partition coefficient (Wildman–Crippen LogP) is 2.66. The second kappa shape index (κ2) is 9.13. The number of nitrogens with one attached hydrogen (secondary N) is 2. The minimum absolute atomic E-state index is 0.127. The number of carbonyl (C=O) groups is 2. The number of benzene rings is 1. The number of hydrogen-bond donors (Lipinski definition) is 2. The first kappa shape index (κ1) is 20.2. The summed E-state index contributed by atoms with van der Waals surface area (Å²) in [6, 6.07) is 7.83. The highest BCUT2D eigenvalue weighted by atomic mass is 16.6. The number of piperidine rings is 1. The minimum Gasteiger partial charge on any atom is -0.357 e. The Morgan fingerprint density at radius 2 is 1.93 bits per heavy atom. The molecule has 1 aromatic heterocycles. The number of nitro benzene ring substituents is 1. The summed E-state index contributed by atoms with van der Waals surface area (Å²) in [6.07, 6.45) is 5.15. The molecule has 3 rings (SSSR count). The van der Waals surface area contributed by atoms with Crippen LogP contribution in [-0.4, -0.2) is 41.4 Å². The molecule has 0 saturated carbocycles. The van der Waals surface area contributed by atoms with Gasteiger partial charge in [-0.3, -0.25) is 19.7 Å². The lowest BCUT2D eigenvalue weighted by atomic mass is 10.1. The summed E-state index contributed by atoms with van der Waals surface area (Å²) >= 11 is 0. The van der Waals surface area contributed by atoms with E-state index in [4.69, 9.17) is 0 Å².